The van der Waals surface area contributed by atoms with E-state index in [4.69, 9.17) is 4.74 Å². The molecule has 0 aliphatic carbocycles. The largest absolute Gasteiger partial charge is 0.497 e. The summed E-state index contributed by atoms with van der Waals surface area (Å²) in [5.74, 6) is 0.656. The van der Waals surface area contributed by atoms with E-state index in [1.165, 1.54) is 11.8 Å². The van der Waals surface area contributed by atoms with E-state index in [1.54, 1.807) is 7.11 Å². The molecule has 6 nitrogen and oxygen atoms in total. The average molecular weight is 417 g/mol. The SMILES string of the molecule is COc1ccc(N2C(=NC(=O)Cc3ccccc3)S[C@H]3CS(=O)(=O)C[C@@H]32)cc1. The molecule has 4 rings (SSSR count). The van der Waals surface area contributed by atoms with Crippen LogP contribution in [0.15, 0.2) is 59.6 Å². The number of anilines is 1. The number of rotatable bonds is 4. The molecule has 2 aromatic rings. The number of ether oxygens (including phenoxy) is 1. The predicted molar refractivity (Wildman–Crippen MR) is 112 cm³/mol. The minimum Gasteiger partial charge on any atom is -0.497 e. The summed E-state index contributed by atoms with van der Waals surface area (Å²) in [6.07, 6.45) is 0.217. The lowest BCUT2D eigenvalue weighted by molar-refractivity contribution is -0.117. The molecule has 2 atom stereocenters. The molecule has 8 heteroatoms. The zero-order valence-corrected chi connectivity index (χ0v) is 16.9. The summed E-state index contributed by atoms with van der Waals surface area (Å²) in [6.45, 7) is 0. The summed E-state index contributed by atoms with van der Waals surface area (Å²) >= 11 is 1.38. The first-order valence-corrected chi connectivity index (χ1v) is 11.6. The Balaban J connectivity index is 1.64. The van der Waals surface area contributed by atoms with Gasteiger partial charge in [0.15, 0.2) is 15.0 Å². The standard InChI is InChI=1S/C20H20N2O4S2/c1-26-16-9-7-15(8-10-16)22-17-12-28(24,25)13-18(17)27-20(22)21-19(23)11-14-5-3-2-4-6-14/h2-10,17-18H,11-13H2,1H3/t17-,18-/m0/s1. The van der Waals surface area contributed by atoms with Gasteiger partial charge in [0.2, 0.25) is 0 Å². The van der Waals surface area contributed by atoms with Crippen LogP contribution < -0.4 is 9.64 Å². The second-order valence-electron chi connectivity index (χ2n) is 6.82. The number of nitrogens with zero attached hydrogens (tertiary/aromatic N) is 2. The smallest absolute Gasteiger partial charge is 0.252 e. The maximum Gasteiger partial charge on any atom is 0.252 e. The lowest BCUT2D eigenvalue weighted by Gasteiger charge is -2.24. The number of amidine groups is 1. The fraction of sp³-hybridized carbons (Fsp3) is 0.300. The Kier molecular flexibility index (Phi) is 5.16. The Hall–Kier alpha value is -2.32. The highest BCUT2D eigenvalue weighted by atomic mass is 32.2. The number of carbonyl (C=O) groups is 1. The van der Waals surface area contributed by atoms with Crippen molar-refractivity contribution in [1.82, 2.24) is 0 Å². The van der Waals surface area contributed by atoms with Crippen LogP contribution in [-0.2, 0) is 21.1 Å². The monoisotopic (exact) mass is 416 g/mol. The van der Waals surface area contributed by atoms with Crippen LogP contribution in [-0.4, -0.2) is 49.4 Å². The average Bonchev–Trinajstić information content (AvgIpc) is 3.13. The summed E-state index contributed by atoms with van der Waals surface area (Å²) < 4.78 is 29.5. The van der Waals surface area contributed by atoms with Crippen molar-refractivity contribution in [3.05, 3.63) is 60.2 Å². The van der Waals surface area contributed by atoms with E-state index in [2.05, 4.69) is 4.99 Å². The van der Waals surface area contributed by atoms with E-state index in [1.807, 2.05) is 59.5 Å². The molecule has 0 saturated carbocycles. The minimum absolute atomic E-state index is 0.0720. The Morgan fingerprint density at radius 3 is 2.54 bits per heavy atom. The number of sulfone groups is 1. The molecule has 0 bridgehead atoms. The number of hydrogen-bond acceptors (Lipinski definition) is 5. The third-order valence-electron chi connectivity index (χ3n) is 4.84. The number of amides is 1. The first kappa shape index (κ1) is 19.0. The zero-order valence-electron chi connectivity index (χ0n) is 15.3. The van der Waals surface area contributed by atoms with E-state index in [9.17, 15) is 13.2 Å². The van der Waals surface area contributed by atoms with Crippen molar-refractivity contribution in [3.8, 4) is 5.75 Å². The highest BCUT2D eigenvalue weighted by molar-refractivity contribution is 8.16. The maximum absolute atomic E-state index is 12.5. The molecule has 2 fully saturated rings. The number of carbonyl (C=O) groups excluding carboxylic acids is 1. The summed E-state index contributed by atoms with van der Waals surface area (Å²) in [5.41, 5.74) is 1.71. The summed E-state index contributed by atoms with van der Waals surface area (Å²) in [7, 11) is -1.49. The van der Waals surface area contributed by atoms with E-state index in [0.717, 1.165) is 11.3 Å². The van der Waals surface area contributed by atoms with Crippen LogP contribution in [0.25, 0.3) is 0 Å². The highest BCUT2D eigenvalue weighted by Gasteiger charge is 2.49. The molecule has 0 aromatic heterocycles. The summed E-state index contributed by atoms with van der Waals surface area (Å²) in [6, 6.07) is 16.6. The number of thioether (sulfide) groups is 1. The van der Waals surface area contributed by atoms with E-state index in [0.29, 0.717) is 10.9 Å². The zero-order chi connectivity index (χ0) is 19.7. The minimum atomic E-state index is -3.09. The lowest BCUT2D eigenvalue weighted by atomic mass is 10.1. The van der Waals surface area contributed by atoms with Crippen LogP contribution in [0.2, 0.25) is 0 Å². The predicted octanol–water partition coefficient (Wildman–Crippen LogP) is 2.54. The molecule has 0 spiro atoms. The van der Waals surface area contributed by atoms with Gasteiger partial charge >= 0.3 is 0 Å². The quantitative estimate of drug-likeness (QED) is 0.762. The second-order valence-corrected chi connectivity index (χ2v) is 10.2. The van der Waals surface area contributed by atoms with Crippen LogP contribution in [0.4, 0.5) is 5.69 Å². The van der Waals surface area contributed by atoms with Gasteiger partial charge in [-0.1, -0.05) is 42.1 Å². The molecular formula is C20H20N2O4S2. The van der Waals surface area contributed by atoms with Gasteiger partial charge in [0.1, 0.15) is 5.75 Å². The molecular weight excluding hydrogens is 396 g/mol. The molecule has 0 unspecified atom stereocenters. The van der Waals surface area contributed by atoms with E-state index in [-0.39, 0.29) is 35.1 Å². The second kappa shape index (κ2) is 7.60. The topological polar surface area (TPSA) is 76.0 Å². The van der Waals surface area contributed by atoms with Crippen LogP contribution in [0.5, 0.6) is 5.75 Å². The van der Waals surface area contributed by atoms with Gasteiger partial charge in [0.05, 0.1) is 31.1 Å². The van der Waals surface area contributed by atoms with Gasteiger partial charge < -0.3 is 9.64 Å². The summed E-state index contributed by atoms with van der Waals surface area (Å²) in [5, 5.41) is 0.450. The third-order valence-corrected chi connectivity index (χ3v) is 8.05. The molecule has 0 radical (unpaired) electrons. The van der Waals surface area contributed by atoms with Crippen molar-refractivity contribution in [2.24, 2.45) is 4.99 Å². The Morgan fingerprint density at radius 2 is 1.86 bits per heavy atom. The van der Waals surface area contributed by atoms with Gasteiger partial charge in [0, 0.05) is 10.9 Å². The van der Waals surface area contributed by atoms with Gasteiger partial charge in [-0.25, -0.2) is 8.42 Å². The highest BCUT2D eigenvalue weighted by Crippen LogP contribution is 2.41. The molecule has 2 heterocycles. The molecule has 1 amide bonds. The van der Waals surface area contributed by atoms with Gasteiger partial charge in [-0.3, -0.25) is 4.79 Å². The summed E-state index contributed by atoms with van der Waals surface area (Å²) in [4.78, 5) is 18.8. The first-order valence-electron chi connectivity index (χ1n) is 8.91. The van der Waals surface area contributed by atoms with E-state index >= 15 is 0 Å². The molecule has 2 saturated heterocycles. The number of fused-ring (bicyclic) bond motifs is 1. The molecule has 146 valence electrons. The van der Waals surface area contributed by atoms with Crippen molar-refractivity contribution in [3.63, 3.8) is 0 Å². The van der Waals surface area contributed by atoms with E-state index < -0.39 is 9.84 Å². The molecule has 0 N–H and O–H groups in total. The molecule has 2 aliphatic rings. The van der Waals surface area contributed by atoms with Gasteiger partial charge in [0.25, 0.3) is 5.91 Å². The van der Waals surface area contributed by atoms with Crippen molar-refractivity contribution >= 4 is 38.4 Å². The molecule has 2 aromatic carbocycles. The normalized spacial score (nSPS) is 24.3. The van der Waals surface area contributed by atoms with Gasteiger partial charge in [-0.15, -0.1) is 0 Å². The van der Waals surface area contributed by atoms with Gasteiger partial charge in [-0.05, 0) is 29.8 Å². The first-order chi connectivity index (χ1) is 13.4. The van der Waals surface area contributed by atoms with Crippen molar-refractivity contribution in [1.29, 1.82) is 0 Å². The van der Waals surface area contributed by atoms with Crippen LogP contribution in [0, 0.1) is 0 Å². The van der Waals surface area contributed by atoms with Crippen LogP contribution in [0.1, 0.15) is 5.56 Å². The molecule has 2 aliphatic heterocycles. The lowest BCUT2D eigenvalue weighted by Crippen LogP contribution is -2.37. The Labute approximate surface area is 168 Å². The van der Waals surface area contributed by atoms with Crippen LogP contribution >= 0.6 is 11.8 Å². The maximum atomic E-state index is 12.5. The van der Waals surface area contributed by atoms with Crippen LogP contribution in [0.3, 0.4) is 0 Å². The fourth-order valence-corrected chi connectivity index (χ4v) is 7.46. The third kappa shape index (κ3) is 3.93. The number of methoxy groups -OCH3 is 1. The van der Waals surface area contributed by atoms with Crippen molar-refractivity contribution in [2.45, 2.75) is 17.7 Å². The number of aliphatic imine (C=N–C) groups is 1. The number of hydrogen-bond donors (Lipinski definition) is 0. The van der Waals surface area contributed by atoms with Gasteiger partial charge in [-0.2, -0.15) is 4.99 Å². The van der Waals surface area contributed by atoms with Crippen molar-refractivity contribution in [2.75, 3.05) is 23.5 Å². The Morgan fingerprint density at radius 1 is 1.14 bits per heavy atom. The fourth-order valence-electron chi connectivity index (χ4n) is 3.53. The number of benzene rings is 2. The molecule has 28 heavy (non-hydrogen) atoms. The van der Waals surface area contributed by atoms with Crippen molar-refractivity contribution < 1.29 is 17.9 Å². The Bertz CT molecular complexity index is 1000.